The van der Waals surface area contributed by atoms with Crippen LogP contribution in [0.1, 0.15) is 51.3 Å². The van der Waals surface area contributed by atoms with Gasteiger partial charge in [0.15, 0.2) is 0 Å². The van der Waals surface area contributed by atoms with Crippen LogP contribution in [0.15, 0.2) is 30.3 Å². The molecule has 0 aliphatic carbocycles. The van der Waals surface area contributed by atoms with Crippen LogP contribution in [0.3, 0.4) is 0 Å². The number of hydrogen-bond donors (Lipinski definition) is 1. The van der Waals surface area contributed by atoms with Crippen LogP contribution in [0.25, 0.3) is 11.3 Å². The first kappa shape index (κ1) is 21.5. The topological polar surface area (TPSA) is 57.7 Å². The number of benzene rings is 1. The molecule has 1 amide bonds. The van der Waals surface area contributed by atoms with Crippen LogP contribution in [-0.4, -0.2) is 48.3 Å². The lowest BCUT2D eigenvalue weighted by Gasteiger charge is -2.31. The number of carbonyl (C=O) groups is 1. The predicted octanol–water partition coefficient (Wildman–Crippen LogP) is 5.07. The van der Waals surface area contributed by atoms with Crippen molar-refractivity contribution in [1.82, 2.24) is 9.88 Å². The molecule has 6 heteroatoms. The molecule has 0 spiro atoms. The van der Waals surface area contributed by atoms with Gasteiger partial charge in [0.25, 0.3) is 0 Å². The minimum atomic E-state index is -0.484. The summed E-state index contributed by atoms with van der Waals surface area (Å²) in [6.07, 6.45) is 4.32. The molecule has 1 aromatic carbocycles. The smallest absolute Gasteiger partial charge is 0.410 e. The third-order valence-corrected chi connectivity index (χ3v) is 5.97. The Morgan fingerprint density at radius 1 is 1.06 bits per heavy atom. The molecule has 2 aromatic rings. The predicted molar refractivity (Wildman–Crippen MR) is 126 cm³/mol. The molecule has 0 radical (unpaired) electrons. The summed E-state index contributed by atoms with van der Waals surface area (Å²) in [5.74, 6) is 0. The lowest BCUT2D eigenvalue weighted by atomic mass is 10.0. The van der Waals surface area contributed by atoms with Crippen molar-refractivity contribution in [3.05, 3.63) is 41.6 Å². The van der Waals surface area contributed by atoms with Crippen molar-refractivity contribution < 1.29 is 9.53 Å². The summed E-state index contributed by atoms with van der Waals surface area (Å²) in [6, 6.07) is 10.8. The van der Waals surface area contributed by atoms with E-state index in [1.807, 2.05) is 27.8 Å². The van der Waals surface area contributed by atoms with Crippen LogP contribution in [0.5, 0.6) is 0 Å². The first-order valence-electron chi connectivity index (χ1n) is 11.4. The second-order valence-corrected chi connectivity index (χ2v) is 9.48. The summed E-state index contributed by atoms with van der Waals surface area (Å²) >= 11 is 0. The third-order valence-electron chi connectivity index (χ3n) is 5.97. The van der Waals surface area contributed by atoms with Gasteiger partial charge in [-0.05, 0) is 69.9 Å². The van der Waals surface area contributed by atoms with E-state index >= 15 is 0 Å². The zero-order valence-corrected chi connectivity index (χ0v) is 19.2. The van der Waals surface area contributed by atoms with Crippen molar-refractivity contribution in [2.24, 2.45) is 0 Å². The Morgan fingerprint density at radius 2 is 1.84 bits per heavy atom. The average Bonchev–Trinajstić information content (AvgIpc) is 2.77. The molecule has 31 heavy (non-hydrogen) atoms. The fourth-order valence-electron chi connectivity index (χ4n) is 4.36. The number of aromatic nitrogens is 1. The largest absolute Gasteiger partial charge is 0.444 e. The number of piperidine rings is 1. The van der Waals surface area contributed by atoms with Crippen molar-refractivity contribution >= 4 is 17.5 Å². The molecule has 1 saturated heterocycles. The molecule has 0 unspecified atom stereocenters. The van der Waals surface area contributed by atoms with E-state index in [1.165, 1.54) is 24.9 Å². The minimum absolute atomic E-state index is 0.256. The number of amides is 1. The first-order valence-corrected chi connectivity index (χ1v) is 11.4. The molecule has 4 rings (SSSR count). The van der Waals surface area contributed by atoms with Crippen LogP contribution in [-0.2, 0) is 17.7 Å². The maximum absolute atomic E-state index is 12.5. The Bertz CT molecular complexity index is 945. The fourth-order valence-corrected chi connectivity index (χ4v) is 4.36. The van der Waals surface area contributed by atoms with Crippen molar-refractivity contribution in [2.45, 2.75) is 58.6 Å². The van der Waals surface area contributed by atoms with Crippen LogP contribution >= 0.6 is 0 Å². The van der Waals surface area contributed by atoms with E-state index in [9.17, 15) is 4.79 Å². The van der Waals surface area contributed by atoms with Crippen LogP contribution in [0.4, 0.5) is 16.2 Å². The number of nitrogens with zero attached hydrogens (tertiary/aromatic N) is 3. The van der Waals surface area contributed by atoms with Crippen LogP contribution in [0, 0.1) is 0 Å². The van der Waals surface area contributed by atoms with E-state index in [1.54, 1.807) is 4.90 Å². The summed E-state index contributed by atoms with van der Waals surface area (Å²) < 4.78 is 5.54. The molecule has 2 aliphatic heterocycles. The van der Waals surface area contributed by atoms with Gasteiger partial charge in [0.2, 0.25) is 0 Å². The molecule has 0 saturated carbocycles. The standard InChI is InChI=1S/C25H34N4O2/c1-25(2,3)31-24(30)29-15-12-21-18(17-29)8-10-23(27-21)20-16-19(9-11-22(20)26-4)28-13-6-5-7-14-28/h8-11,16,26H,5-7,12-15,17H2,1-4H3. The average molecular weight is 423 g/mol. The van der Waals surface area contributed by atoms with E-state index in [-0.39, 0.29) is 6.09 Å². The zero-order valence-electron chi connectivity index (χ0n) is 19.2. The number of fused-ring (bicyclic) bond motifs is 1. The van der Waals surface area contributed by atoms with Gasteiger partial charge in [-0.25, -0.2) is 4.79 Å². The van der Waals surface area contributed by atoms with E-state index in [0.717, 1.165) is 47.7 Å². The SMILES string of the molecule is CNc1ccc(N2CCCCC2)cc1-c1ccc2c(n1)CCN(C(=O)OC(C)(C)C)C2. The normalized spacial score (nSPS) is 16.6. The highest BCUT2D eigenvalue weighted by atomic mass is 16.6. The second kappa shape index (κ2) is 8.77. The van der Waals surface area contributed by atoms with Gasteiger partial charge >= 0.3 is 6.09 Å². The Morgan fingerprint density at radius 3 is 2.55 bits per heavy atom. The van der Waals surface area contributed by atoms with Gasteiger partial charge in [-0.1, -0.05) is 6.07 Å². The van der Waals surface area contributed by atoms with Crippen molar-refractivity contribution in [3.8, 4) is 11.3 Å². The number of ether oxygens (including phenoxy) is 1. The summed E-state index contributed by atoms with van der Waals surface area (Å²) in [7, 11) is 1.95. The van der Waals surface area contributed by atoms with Crippen LogP contribution in [0.2, 0.25) is 0 Å². The van der Waals surface area contributed by atoms with Crippen LogP contribution < -0.4 is 10.2 Å². The number of pyridine rings is 1. The number of hydrogen-bond acceptors (Lipinski definition) is 5. The van der Waals surface area contributed by atoms with E-state index in [0.29, 0.717) is 13.1 Å². The molecule has 2 aliphatic rings. The molecular formula is C25H34N4O2. The van der Waals surface area contributed by atoms with Gasteiger partial charge in [0.1, 0.15) is 5.60 Å². The van der Waals surface area contributed by atoms with Gasteiger partial charge in [-0.15, -0.1) is 0 Å². The molecular weight excluding hydrogens is 388 g/mol. The second-order valence-electron chi connectivity index (χ2n) is 9.48. The van der Waals surface area contributed by atoms with Gasteiger partial charge in [-0.3, -0.25) is 4.98 Å². The third kappa shape index (κ3) is 4.94. The van der Waals surface area contributed by atoms with E-state index in [2.05, 4.69) is 40.5 Å². The summed E-state index contributed by atoms with van der Waals surface area (Å²) in [6.45, 7) is 9.11. The molecule has 1 aromatic heterocycles. The highest BCUT2D eigenvalue weighted by Gasteiger charge is 2.26. The first-order chi connectivity index (χ1) is 14.8. The number of rotatable bonds is 3. The van der Waals surface area contributed by atoms with E-state index in [4.69, 9.17) is 9.72 Å². The number of nitrogens with one attached hydrogen (secondary N) is 1. The number of anilines is 2. The summed E-state index contributed by atoms with van der Waals surface area (Å²) in [4.78, 5) is 21.7. The summed E-state index contributed by atoms with van der Waals surface area (Å²) in [5, 5.41) is 3.32. The lowest BCUT2D eigenvalue weighted by molar-refractivity contribution is 0.0223. The highest BCUT2D eigenvalue weighted by Crippen LogP contribution is 2.33. The zero-order chi connectivity index (χ0) is 22.0. The molecule has 1 N–H and O–H groups in total. The fraction of sp³-hybridized carbons (Fsp3) is 0.520. The van der Waals surface area contributed by atoms with Crippen molar-refractivity contribution in [1.29, 1.82) is 0 Å². The lowest BCUT2D eigenvalue weighted by Crippen LogP contribution is -2.40. The monoisotopic (exact) mass is 422 g/mol. The Balaban J connectivity index is 1.57. The van der Waals surface area contributed by atoms with Gasteiger partial charge in [0, 0.05) is 55.7 Å². The van der Waals surface area contributed by atoms with Gasteiger partial charge in [-0.2, -0.15) is 0 Å². The molecule has 166 valence electrons. The maximum Gasteiger partial charge on any atom is 0.410 e. The minimum Gasteiger partial charge on any atom is -0.444 e. The quantitative estimate of drug-likeness (QED) is 0.748. The number of carbonyl (C=O) groups excluding carboxylic acids is 1. The Hall–Kier alpha value is -2.76. The Kier molecular flexibility index (Phi) is 6.08. The molecule has 1 fully saturated rings. The maximum atomic E-state index is 12.5. The highest BCUT2D eigenvalue weighted by molar-refractivity contribution is 5.79. The summed E-state index contributed by atoms with van der Waals surface area (Å²) in [5.41, 5.74) is 6.14. The van der Waals surface area contributed by atoms with Gasteiger partial charge in [0.05, 0.1) is 12.2 Å². The Labute approximate surface area is 185 Å². The van der Waals surface area contributed by atoms with E-state index < -0.39 is 5.60 Å². The molecule has 3 heterocycles. The molecule has 0 atom stereocenters. The van der Waals surface area contributed by atoms with Crippen molar-refractivity contribution in [2.75, 3.05) is 36.9 Å². The molecule has 0 bridgehead atoms. The van der Waals surface area contributed by atoms with Gasteiger partial charge < -0.3 is 19.9 Å². The molecule has 6 nitrogen and oxygen atoms in total. The van der Waals surface area contributed by atoms with Crippen molar-refractivity contribution in [3.63, 3.8) is 0 Å².